The van der Waals surface area contributed by atoms with Gasteiger partial charge in [-0.25, -0.2) is 0 Å². The lowest BCUT2D eigenvalue weighted by atomic mass is 10.4. The third-order valence-electron chi connectivity index (χ3n) is 25.0. The molecule has 0 unspecified atom stereocenters. The molecule has 0 aromatic carbocycles. The summed E-state index contributed by atoms with van der Waals surface area (Å²) in [7, 11) is -74.4. The van der Waals surface area contributed by atoms with E-state index in [4.69, 9.17) is 84.8 Å². The molecule has 0 saturated heterocycles. The summed E-state index contributed by atoms with van der Waals surface area (Å²) in [6, 6.07) is 7.49. The summed E-state index contributed by atoms with van der Waals surface area (Å²) in [5.74, 6) is 0. The molecule has 824 valence electrons. The van der Waals surface area contributed by atoms with E-state index in [9.17, 15) is 61.3 Å². The van der Waals surface area contributed by atoms with Crippen LogP contribution in [0.25, 0.3) is 0 Å². The van der Waals surface area contributed by atoms with Gasteiger partial charge >= 0.3 is 35.2 Å². The van der Waals surface area contributed by atoms with Crippen molar-refractivity contribution in [3.63, 3.8) is 0 Å². The molecule has 0 aromatic heterocycles. The molecule has 0 aromatic rings. The van der Waals surface area contributed by atoms with E-state index in [0.717, 1.165) is 0 Å². The highest BCUT2D eigenvalue weighted by atomic mass is 28.5. The zero-order valence-corrected chi connectivity index (χ0v) is 121. The molecule has 32 nitrogen and oxygen atoms in total. The van der Waals surface area contributed by atoms with Crippen LogP contribution >= 0.6 is 0 Å². The second-order valence-corrected chi connectivity index (χ2v) is 122. The van der Waals surface area contributed by atoms with E-state index in [1.807, 2.05) is 0 Å². The highest BCUT2D eigenvalue weighted by Gasteiger charge is 2.75. The van der Waals surface area contributed by atoms with Crippen molar-refractivity contribution in [3.05, 3.63) is 0 Å². The Morgan fingerprint density at radius 1 is 0.153 bits per heavy atom. The lowest BCUT2D eigenvalue weighted by Crippen LogP contribution is -2.76. The van der Waals surface area contributed by atoms with Crippen molar-refractivity contribution in [1.29, 1.82) is 0 Å². The van der Waals surface area contributed by atoms with Gasteiger partial charge in [0.15, 0.2) is 178 Å². The Kier molecular flexibility index (Phi) is 68.4. The molecule has 57 heteroatoms. The van der Waals surface area contributed by atoms with Gasteiger partial charge in [0.25, 0.3) is 0 Å². The maximum absolute atomic E-state index is 11.0. The van der Waals surface area contributed by atoms with Crippen LogP contribution in [0.15, 0.2) is 0 Å². The maximum atomic E-state index is 11.0. The van der Waals surface area contributed by atoms with Crippen LogP contribution in [-0.4, -0.2) is 383 Å². The monoisotopic (exact) mass is 2380 g/mol. The molecule has 0 saturated carbocycles. The van der Waals surface area contributed by atoms with Crippen LogP contribution in [0.3, 0.4) is 0 Å². The minimum absolute atomic E-state index is 0.0870. The predicted octanol–water partition coefficient (Wildman–Crippen LogP) is 10.1. The van der Waals surface area contributed by atoms with Gasteiger partial charge in [-0.05, 0) is 307 Å². The van der Waals surface area contributed by atoms with Crippen molar-refractivity contribution in [2.45, 2.75) is 431 Å². The first-order valence-corrected chi connectivity index (χ1v) is 115. The van der Waals surface area contributed by atoms with E-state index in [-0.39, 0.29) is 105 Å². The summed E-state index contributed by atoms with van der Waals surface area (Å²) in [6.07, 6.45) is 5.70. The lowest BCUT2D eigenvalue weighted by molar-refractivity contribution is -0.0973. The molecule has 0 aliphatic carbocycles. The molecule has 0 rings (SSSR count). The van der Waals surface area contributed by atoms with E-state index in [1.54, 1.807) is 0 Å². The van der Waals surface area contributed by atoms with E-state index < -0.39 is 243 Å². The van der Waals surface area contributed by atoms with Crippen molar-refractivity contribution < 1.29 is 146 Å². The zero-order valence-electron chi connectivity index (χ0n) is 92.8. The Morgan fingerprint density at radius 3 is 0.314 bits per heavy atom. The number of rotatable bonds is 92. The van der Waals surface area contributed by atoms with Gasteiger partial charge in [-0.1, -0.05) is 76.6 Å². The first kappa shape index (κ1) is 141. The zero-order chi connectivity index (χ0) is 105. The second kappa shape index (κ2) is 66.4. The van der Waals surface area contributed by atoms with Gasteiger partial charge in [-0.2, -0.15) is 0 Å². The average Bonchev–Trinajstić information content (AvgIpc) is 0.758. The van der Waals surface area contributed by atoms with Gasteiger partial charge in [0, 0.05) is 105 Å². The quantitative estimate of drug-likeness (QED) is 0.0199. The van der Waals surface area contributed by atoms with E-state index in [1.165, 1.54) is 0 Å². The van der Waals surface area contributed by atoms with Crippen LogP contribution in [0, 0.1) is 0 Å². The van der Waals surface area contributed by atoms with E-state index in [2.05, 4.69) is 210 Å². The minimum Gasteiger partial charge on any atom is -0.414 e. The SMILES string of the molecule is C[SiH2]OC(CC[Si](CCC(O[SiH2]C)(O[SiH2]C)[Si](O[Si](C)(C)CCCO)(O[Si](C)(C)CCCO)O[Si](C)(C)CCCO)(CCC(O[SiH2]C)(O[SiH2]C)[Si](O[Si](C)(C)CCCO)(O[Si](C)(C)CCCO)O[Si](C)(C)CCCO)CCC(O[SiH2]C)(O[SiH2]C)[Si](O[Si](C)(C)CCCO)(O[Si](C)(C)CCCO)O[Si](C)(C)CCCO)(O[SiH2]C)[Si](O[Si](C)(C)CCCO)(O[Si](C)(C)CCCO)O[Si](C)(C)CCCO. The molecule has 0 heterocycles. The van der Waals surface area contributed by atoms with Gasteiger partial charge in [0.2, 0.25) is 21.6 Å². The van der Waals surface area contributed by atoms with Crippen LogP contribution in [0.2, 0.25) is 306 Å². The Hall–Kier alpha value is 4.14. The van der Waals surface area contributed by atoms with Crippen molar-refractivity contribution in [2.75, 3.05) is 79.3 Å². The van der Waals surface area contributed by atoms with E-state index >= 15 is 0 Å². The van der Waals surface area contributed by atoms with Gasteiger partial charge in [0.1, 0.15) is 0 Å². The van der Waals surface area contributed by atoms with Crippen LogP contribution < -0.4 is 0 Å². The molecule has 0 radical (unpaired) electrons. The molecule has 0 atom stereocenters. The van der Waals surface area contributed by atoms with Crippen molar-refractivity contribution >= 4 is 221 Å². The molecule has 12 N–H and O–H groups in total. The third-order valence-corrected chi connectivity index (χ3v) is 103. The molecular formula is C80H212O32Si25. The first-order valence-electron chi connectivity index (χ1n) is 52.4. The maximum Gasteiger partial charge on any atom is 0.530 e. The van der Waals surface area contributed by atoms with Crippen molar-refractivity contribution in [3.8, 4) is 0 Å². The van der Waals surface area contributed by atoms with Crippen LogP contribution in [0.5, 0.6) is 0 Å². The van der Waals surface area contributed by atoms with Crippen molar-refractivity contribution in [1.82, 2.24) is 0 Å². The molecule has 0 aliphatic rings. The lowest BCUT2D eigenvalue weighted by Gasteiger charge is -2.56. The highest BCUT2D eigenvalue weighted by Crippen LogP contribution is 2.54. The first-order chi connectivity index (χ1) is 63.5. The summed E-state index contributed by atoms with van der Waals surface area (Å²) in [6.45, 7) is 67.9. The normalized spacial score (nSPS) is 17.1. The summed E-state index contributed by atoms with van der Waals surface area (Å²) >= 11 is 0. The number of aliphatic hydroxyl groups excluding tert-OH is 12. The Balaban J connectivity index is 13.4. The summed E-state index contributed by atoms with van der Waals surface area (Å²) in [5, 5.41) is 132. The van der Waals surface area contributed by atoms with Crippen molar-refractivity contribution in [2.24, 2.45) is 0 Å². The Labute approximate surface area is 869 Å². The fourth-order valence-electron chi connectivity index (χ4n) is 18.6. The van der Waals surface area contributed by atoms with Gasteiger partial charge in [0.05, 0.1) is 8.07 Å². The standard InChI is InChI=1S/C80H212O32Si25/c1-113-93-77(94-114-2,134(101-121(9,10)61-33-49-81,102-122(11,12)62-34-50-82)103-123(13,14)63-35-51-83)45-73-133(74-46-78(95-115-3,96-116-4)135(104-124(15,16)64-36-52-84,105-125(17,18)65-37-53-85)106-126(19,20)66-38-54-86,75-47-79(97-117-5,98-118-6)136(107-127(21,22)67-39-55-87,108-128(23,24)68-40-56-88)109-129(25,26)69-41-57-89)76-48-80(99-119-7,100-120-8)137(110-130(27,28)70-42-58-90,111-131(29,30)71-43-59-91)112-132(31,32)72-44-60-92/h81-92H,33-76,113-120H2,1-32H3. The third kappa shape index (κ3) is 49.6. The van der Waals surface area contributed by atoms with E-state index in [0.29, 0.717) is 174 Å². The molecule has 0 amide bonds. The van der Waals surface area contributed by atoms with Gasteiger partial charge in [-0.3, -0.25) is 0 Å². The fraction of sp³-hybridized carbons (Fsp3) is 1.00. The fourth-order valence-corrected chi connectivity index (χ4v) is 108. The predicted molar refractivity (Wildman–Crippen MR) is 622 cm³/mol. The largest absolute Gasteiger partial charge is 0.530 e. The Morgan fingerprint density at radius 2 is 0.241 bits per heavy atom. The highest BCUT2D eigenvalue weighted by molar-refractivity contribution is 6.96. The van der Waals surface area contributed by atoms with Crippen LogP contribution in [-0.2, 0) is 84.8 Å². The second-order valence-electron chi connectivity index (χ2n) is 44.5. The molecule has 137 heavy (non-hydrogen) atoms. The number of aliphatic hydroxyl groups is 12. The van der Waals surface area contributed by atoms with Gasteiger partial charge < -0.3 is 146 Å². The minimum atomic E-state index is -4.77. The smallest absolute Gasteiger partial charge is 0.414 e. The summed E-state index contributed by atoms with van der Waals surface area (Å²) in [5.41, 5.74) is -7.07. The van der Waals surface area contributed by atoms with Gasteiger partial charge in [-0.15, -0.1) is 0 Å². The molecular weight excluding hydrogens is 2170 g/mol. The van der Waals surface area contributed by atoms with Crippen LogP contribution in [0.1, 0.15) is 103 Å². The molecule has 0 bridgehead atoms. The average molecular weight is 2390 g/mol. The Bertz CT molecular complexity index is 2500. The summed E-state index contributed by atoms with van der Waals surface area (Å²) < 4.78 is 165. The molecule has 0 spiro atoms. The topological polar surface area (TPSA) is 427 Å². The van der Waals surface area contributed by atoms with Crippen LogP contribution in [0.4, 0.5) is 0 Å². The molecule has 0 aliphatic heterocycles. The summed E-state index contributed by atoms with van der Waals surface area (Å²) in [4.78, 5) is 0. The number of hydrogen-bond acceptors (Lipinski definition) is 32. The number of hydrogen-bond donors (Lipinski definition) is 12. The molecule has 0 fully saturated rings.